The van der Waals surface area contributed by atoms with E-state index in [1.54, 1.807) is 6.20 Å². The fourth-order valence-corrected chi connectivity index (χ4v) is 3.22. The Labute approximate surface area is 171 Å². The van der Waals surface area contributed by atoms with Crippen molar-refractivity contribution in [2.24, 2.45) is 0 Å². The molecule has 1 aromatic carbocycles. The van der Waals surface area contributed by atoms with Gasteiger partial charge in [-0.1, -0.05) is 6.07 Å². The van der Waals surface area contributed by atoms with Crippen molar-refractivity contribution in [1.82, 2.24) is 20.2 Å². The molecule has 1 aliphatic rings. The molecule has 0 amide bonds. The van der Waals surface area contributed by atoms with Gasteiger partial charge in [-0.2, -0.15) is 18.3 Å². The summed E-state index contributed by atoms with van der Waals surface area (Å²) >= 11 is 0. The fraction of sp³-hybridized carbons (Fsp3) is 0.400. The number of carboxylic acids is 1. The van der Waals surface area contributed by atoms with Crippen LogP contribution in [0.15, 0.2) is 47.9 Å². The van der Waals surface area contributed by atoms with Gasteiger partial charge in [-0.15, -0.1) is 0 Å². The van der Waals surface area contributed by atoms with Crippen molar-refractivity contribution in [1.29, 1.82) is 0 Å². The normalized spacial score (nSPS) is 14.8. The number of aliphatic carboxylic acids is 1. The molecule has 0 saturated carbocycles. The second-order valence-electron chi connectivity index (χ2n) is 7.00. The molecule has 2 aromatic rings. The summed E-state index contributed by atoms with van der Waals surface area (Å²) in [5, 5.41) is 14.4. The van der Waals surface area contributed by atoms with E-state index in [2.05, 4.69) is 10.5 Å². The van der Waals surface area contributed by atoms with Gasteiger partial charge in [0.05, 0.1) is 18.7 Å². The smallest absolute Gasteiger partial charge is 0.432 e. The molecule has 30 heavy (non-hydrogen) atoms. The summed E-state index contributed by atoms with van der Waals surface area (Å²) in [6.07, 6.45) is 0.165. The minimum absolute atomic E-state index is 0.237. The average molecular weight is 424 g/mol. The molecule has 0 fully saturated rings. The molecule has 1 aliphatic heterocycles. The van der Waals surface area contributed by atoms with Crippen LogP contribution in [-0.2, 0) is 17.8 Å². The Hall–Kier alpha value is -3.01. The maximum absolute atomic E-state index is 13.0. The van der Waals surface area contributed by atoms with E-state index in [1.807, 2.05) is 42.1 Å². The fourth-order valence-electron chi connectivity index (χ4n) is 3.22. The molecule has 0 atom stereocenters. The lowest BCUT2D eigenvalue weighted by molar-refractivity contribution is -0.134. The van der Waals surface area contributed by atoms with Crippen molar-refractivity contribution in [3.63, 3.8) is 0 Å². The van der Waals surface area contributed by atoms with Crippen molar-refractivity contribution in [3.8, 4) is 5.75 Å². The highest BCUT2D eigenvalue weighted by Crippen LogP contribution is 2.30. The Kier molecular flexibility index (Phi) is 6.66. The van der Waals surface area contributed by atoms with Gasteiger partial charge < -0.3 is 15.3 Å². The topological polar surface area (TPSA) is 79.6 Å². The van der Waals surface area contributed by atoms with E-state index in [9.17, 15) is 18.0 Å². The molecule has 0 saturated heterocycles. The third kappa shape index (κ3) is 5.53. The van der Waals surface area contributed by atoms with Crippen LogP contribution in [0.5, 0.6) is 5.75 Å². The Morgan fingerprint density at radius 3 is 2.73 bits per heavy atom. The van der Waals surface area contributed by atoms with Gasteiger partial charge in [-0.05, 0) is 42.7 Å². The second-order valence-corrected chi connectivity index (χ2v) is 7.00. The van der Waals surface area contributed by atoms with Gasteiger partial charge >= 0.3 is 12.1 Å². The number of allylic oxidation sites excluding steroid dienone is 1. The number of carboxylic acid groups (broad SMARTS) is 1. The van der Waals surface area contributed by atoms with Crippen LogP contribution in [0.2, 0.25) is 0 Å². The van der Waals surface area contributed by atoms with Crippen molar-refractivity contribution in [3.05, 3.63) is 59.1 Å². The third-order valence-corrected chi connectivity index (χ3v) is 4.79. The molecular formula is C20H23F3N4O3. The number of hydrogen-bond donors (Lipinski definition) is 2. The number of carbonyl (C=O) groups is 1. The molecule has 10 heteroatoms. The summed E-state index contributed by atoms with van der Waals surface area (Å²) in [6, 6.07) is 7.46. The van der Waals surface area contributed by atoms with E-state index in [4.69, 9.17) is 9.84 Å². The first-order valence-electron chi connectivity index (χ1n) is 9.49. The molecule has 0 aliphatic carbocycles. The highest BCUT2D eigenvalue weighted by atomic mass is 19.4. The predicted octanol–water partition coefficient (Wildman–Crippen LogP) is 2.92. The minimum Gasteiger partial charge on any atom is -0.494 e. The predicted molar refractivity (Wildman–Crippen MR) is 103 cm³/mol. The van der Waals surface area contributed by atoms with Gasteiger partial charge in [0, 0.05) is 31.9 Å². The Morgan fingerprint density at radius 2 is 2.13 bits per heavy atom. The molecule has 162 valence electrons. The summed E-state index contributed by atoms with van der Waals surface area (Å²) in [5.41, 5.74) is 2.23. The SMILES string of the molecule is Cc1cc(OCCCn2cccn2)ccc1CCN1CC(C(=O)O)=C(C(F)(F)F)N1. The summed E-state index contributed by atoms with van der Waals surface area (Å²) in [6.45, 7) is 3.15. The number of nitrogens with one attached hydrogen (secondary N) is 1. The van der Waals surface area contributed by atoms with E-state index in [0.29, 0.717) is 13.0 Å². The zero-order chi connectivity index (χ0) is 21.7. The molecule has 0 radical (unpaired) electrons. The minimum atomic E-state index is -4.73. The lowest BCUT2D eigenvalue weighted by Crippen LogP contribution is -2.37. The highest BCUT2D eigenvalue weighted by molar-refractivity contribution is 5.88. The van der Waals surface area contributed by atoms with E-state index < -0.39 is 23.4 Å². The number of aryl methyl sites for hydroxylation is 2. The van der Waals surface area contributed by atoms with Crippen LogP contribution < -0.4 is 10.2 Å². The number of benzene rings is 1. The zero-order valence-corrected chi connectivity index (χ0v) is 16.4. The first-order valence-corrected chi connectivity index (χ1v) is 9.49. The quantitative estimate of drug-likeness (QED) is 0.603. The zero-order valence-electron chi connectivity index (χ0n) is 16.4. The number of ether oxygens (including phenoxy) is 1. The molecule has 0 spiro atoms. The first-order chi connectivity index (χ1) is 14.2. The van der Waals surface area contributed by atoms with Crippen LogP contribution in [0.25, 0.3) is 0 Å². The first kappa shape index (κ1) is 21.7. The van der Waals surface area contributed by atoms with Crippen molar-refractivity contribution in [2.75, 3.05) is 19.7 Å². The van der Waals surface area contributed by atoms with E-state index in [-0.39, 0.29) is 13.1 Å². The van der Waals surface area contributed by atoms with Gasteiger partial charge in [0.15, 0.2) is 0 Å². The monoisotopic (exact) mass is 424 g/mol. The Balaban J connectivity index is 1.49. The average Bonchev–Trinajstić information content (AvgIpc) is 3.34. The highest BCUT2D eigenvalue weighted by Gasteiger charge is 2.43. The van der Waals surface area contributed by atoms with Crippen molar-refractivity contribution in [2.45, 2.75) is 32.5 Å². The second kappa shape index (κ2) is 9.21. The van der Waals surface area contributed by atoms with Crippen molar-refractivity contribution >= 4 is 5.97 Å². The number of aromatic nitrogens is 2. The van der Waals surface area contributed by atoms with Crippen LogP contribution in [0.4, 0.5) is 13.2 Å². The standard InChI is InChI=1S/C20H23F3N4O3/c1-14-12-16(30-11-3-9-26-8-2-7-24-26)5-4-15(14)6-10-27-13-17(19(28)29)18(25-27)20(21,22)23/h2,4-5,7-8,12,25H,3,6,9-11,13H2,1H3,(H,28,29). The van der Waals surface area contributed by atoms with E-state index >= 15 is 0 Å². The molecule has 0 unspecified atom stereocenters. The number of halogens is 3. The summed E-state index contributed by atoms with van der Waals surface area (Å²) in [4.78, 5) is 11.1. The molecule has 2 N–H and O–H groups in total. The van der Waals surface area contributed by atoms with E-state index in [1.165, 1.54) is 5.01 Å². The summed E-state index contributed by atoms with van der Waals surface area (Å²) in [5.74, 6) is -0.840. The maximum atomic E-state index is 13.0. The number of hydrazine groups is 1. The summed E-state index contributed by atoms with van der Waals surface area (Å²) < 4.78 is 46.6. The van der Waals surface area contributed by atoms with Gasteiger partial charge in [0.1, 0.15) is 11.4 Å². The lowest BCUT2D eigenvalue weighted by atomic mass is 10.1. The number of rotatable bonds is 9. The van der Waals surface area contributed by atoms with Crippen LogP contribution >= 0.6 is 0 Å². The third-order valence-electron chi connectivity index (χ3n) is 4.79. The van der Waals surface area contributed by atoms with Crippen LogP contribution in [0.1, 0.15) is 17.5 Å². The molecule has 7 nitrogen and oxygen atoms in total. The summed E-state index contributed by atoms with van der Waals surface area (Å²) in [7, 11) is 0. The Morgan fingerprint density at radius 1 is 1.33 bits per heavy atom. The molecule has 3 rings (SSSR count). The maximum Gasteiger partial charge on any atom is 0.432 e. The molecule has 2 heterocycles. The Bertz CT molecular complexity index is 911. The molecule has 1 aromatic heterocycles. The van der Waals surface area contributed by atoms with Gasteiger partial charge in [0.2, 0.25) is 0 Å². The van der Waals surface area contributed by atoms with Gasteiger partial charge in [0.25, 0.3) is 0 Å². The number of hydrogen-bond acceptors (Lipinski definition) is 5. The number of alkyl halides is 3. The largest absolute Gasteiger partial charge is 0.494 e. The molecular weight excluding hydrogens is 401 g/mol. The van der Waals surface area contributed by atoms with Crippen LogP contribution in [-0.4, -0.2) is 51.7 Å². The van der Waals surface area contributed by atoms with Crippen LogP contribution in [0.3, 0.4) is 0 Å². The van der Waals surface area contributed by atoms with Gasteiger partial charge in [-0.25, -0.2) is 9.80 Å². The van der Waals surface area contributed by atoms with Gasteiger partial charge in [-0.3, -0.25) is 4.68 Å². The van der Waals surface area contributed by atoms with E-state index in [0.717, 1.165) is 29.8 Å². The van der Waals surface area contributed by atoms with Crippen molar-refractivity contribution < 1.29 is 27.8 Å². The number of nitrogens with zero attached hydrogens (tertiary/aromatic N) is 3. The lowest BCUT2D eigenvalue weighted by Gasteiger charge is -2.19. The van der Waals surface area contributed by atoms with Crippen LogP contribution in [0, 0.1) is 6.92 Å². The molecule has 0 bridgehead atoms.